The van der Waals surface area contributed by atoms with Gasteiger partial charge >= 0.3 is 0 Å². The minimum atomic E-state index is -3.58. The van der Waals surface area contributed by atoms with Crippen LogP contribution in [-0.2, 0) is 16.4 Å². The first-order chi connectivity index (χ1) is 13.5. The molecule has 2 aliphatic rings. The Morgan fingerprint density at radius 3 is 2.43 bits per heavy atom. The lowest BCUT2D eigenvalue weighted by Crippen LogP contribution is -2.50. The quantitative estimate of drug-likeness (QED) is 0.779. The second-order valence-electron chi connectivity index (χ2n) is 6.79. The van der Waals surface area contributed by atoms with Crippen LogP contribution in [0, 0.1) is 0 Å². The van der Waals surface area contributed by atoms with E-state index in [-0.39, 0.29) is 23.9 Å². The smallest absolute Gasteiger partial charge is 0.253 e. The number of methoxy groups -OCH3 is 1. The van der Waals surface area contributed by atoms with Gasteiger partial charge in [0.1, 0.15) is 11.5 Å². The Kier molecular flexibility index (Phi) is 4.99. The molecule has 1 saturated heterocycles. The van der Waals surface area contributed by atoms with Gasteiger partial charge in [0, 0.05) is 38.2 Å². The van der Waals surface area contributed by atoms with Crippen LogP contribution in [0.2, 0.25) is 0 Å². The van der Waals surface area contributed by atoms with E-state index < -0.39 is 10.0 Å². The molecular weight excluding hydrogens is 380 g/mol. The Morgan fingerprint density at radius 1 is 1.04 bits per heavy atom. The molecule has 2 aliphatic heterocycles. The molecule has 0 bridgehead atoms. The van der Waals surface area contributed by atoms with Gasteiger partial charge in [-0.15, -0.1) is 0 Å². The van der Waals surface area contributed by atoms with Gasteiger partial charge in [-0.25, -0.2) is 8.42 Å². The summed E-state index contributed by atoms with van der Waals surface area (Å²) in [6.45, 7) is 1.86. The molecule has 4 rings (SSSR count). The van der Waals surface area contributed by atoms with Gasteiger partial charge in [-0.2, -0.15) is 4.31 Å². The zero-order chi connectivity index (χ0) is 19.7. The monoisotopic (exact) mass is 402 g/mol. The van der Waals surface area contributed by atoms with E-state index in [2.05, 4.69) is 0 Å². The Bertz CT molecular complexity index is 980. The van der Waals surface area contributed by atoms with E-state index in [1.807, 2.05) is 0 Å². The predicted octanol–water partition coefficient (Wildman–Crippen LogP) is 1.78. The summed E-state index contributed by atoms with van der Waals surface area (Å²) < 4.78 is 37.9. The van der Waals surface area contributed by atoms with E-state index >= 15 is 0 Å². The highest BCUT2D eigenvalue weighted by molar-refractivity contribution is 7.89. The lowest BCUT2D eigenvalue weighted by atomic mass is 10.2. The summed E-state index contributed by atoms with van der Waals surface area (Å²) in [5.74, 6) is 1.34. The number of sulfonamides is 1. The summed E-state index contributed by atoms with van der Waals surface area (Å²) in [7, 11) is -2.01. The molecule has 2 heterocycles. The van der Waals surface area contributed by atoms with Crippen LogP contribution in [0.5, 0.6) is 11.5 Å². The molecule has 8 heteroatoms. The average molecular weight is 402 g/mol. The normalized spacial score (nSPS) is 17.1. The second kappa shape index (κ2) is 7.44. The van der Waals surface area contributed by atoms with Gasteiger partial charge in [-0.05, 0) is 48.0 Å². The van der Waals surface area contributed by atoms with Gasteiger partial charge < -0.3 is 14.4 Å². The van der Waals surface area contributed by atoms with E-state index in [1.165, 1.54) is 4.31 Å². The van der Waals surface area contributed by atoms with Crippen LogP contribution >= 0.6 is 0 Å². The Hall–Kier alpha value is -2.58. The molecule has 1 amide bonds. The highest BCUT2D eigenvalue weighted by Crippen LogP contribution is 2.29. The number of amides is 1. The van der Waals surface area contributed by atoms with Crippen molar-refractivity contribution in [2.75, 3.05) is 39.9 Å². The summed E-state index contributed by atoms with van der Waals surface area (Å²) in [6.07, 6.45) is 0.725. The number of rotatable bonds is 4. The fraction of sp³-hybridized carbons (Fsp3) is 0.350. The SMILES string of the molecule is COc1ccc(C(=O)N2CCN(S(=O)(=O)c3ccc4c(c3)CCO4)CC2)cc1. The summed E-state index contributed by atoms with van der Waals surface area (Å²) in [4.78, 5) is 14.6. The van der Waals surface area contributed by atoms with Crippen molar-refractivity contribution in [1.82, 2.24) is 9.21 Å². The standard InChI is InChI=1S/C20H22N2O5S/c1-26-17-4-2-15(3-5-17)20(23)21-9-11-22(12-10-21)28(24,25)18-6-7-19-16(14-18)8-13-27-19/h2-7,14H,8-13H2,1H3. The first kappa shape index (κ1) is 18.8. The fourth-order valence-electron chi connectivity index (χ4n) is 3.52. The van der Waals surface area contributed by atoms with E-state index in [0.29, 0.717) is 31.0 Å². The van der Waals surface area contributed by atoms with Crippen molar-refractivity contribution in [2.24, 2.45) is 0 Å². The molecule has 28 heavy (non-hydrogen) atoms. The number of ether oxygens (including phenoxy) is 2. The highest BCUT2D eigenvalue weighted by Gasteiger charge is 2.31. The molecular formula is C20H22N2O5S. The summed E-state index contributed by atoms with van der Waals surface area (Å²) in [5.41, 5.74) is 1.49. The Morgan fingerprint density at radius 2 is 1.75 bits per heavy atom. The topological polar surface area (TPSA) is 76.2 Å². The maximum Gasteiger partial charge on any atom is 0.253 e. The second-order valence-corrected chi connectivity index (χ2v) is 8.73. The van der Waals surface area contributed by atoms with Gasteiger partial charge in [-0.1, -0.05) is 0 Å². The molecule has 1 fully saturated rings. The number of carbonyl (C=O) groups excluding carboxylic acids is 1. The number of piperazine rings is 1. The first-order valence-electron chi connectivity index (χ1n) is 9.18. The molecule has 2 aromatic carbocycles. The average Bonchev–Trinajstić information content (AvgIpc) is 3.21. The van der Waals surface area contributed by atoms with Crippen molar-refractivity contribution in [3.05, 3.63) is 53.6 Å². The fourth-order valence-corrected chi connectivity index (χ4v) is 4.99. The Balaban J connectivity index is 1.43. The lowest BCUT2D eigenvalue weighted by molar-refractivity contribution is 0.0698. The van der Waals surface area contributed by atoms with Crippen molar-refractivity contribution >= 4 is 15.9 Å². The van der Waals surface area contributed by atoms with E-state index in [4.69, 9.17) is 9.47 Å². The zero-order valence-corrected chi connectivity index (χ0v) is 16.4. The number of fused-ring (bicyclic) bond motifs is 1. The van der Waals surface area contributed by atoms with Gasteiger partial charge in [0.05, 0.1) is 18.6 Å². The maximum absolute atomic E-state index is 13.0. The number of hydrogen-bond acceptors (Lipinski definition) is 5. The number of carbonyl (C=O) groups is 1. The molecule has 2 aromatic rings. The Labute approximate surface area is 164 Å². The van der Waals surface area contributed by atoms with Crippen molar-refractivity contribution in [2.45, 2.75) is 11.3 Å². The third kappa shape index (κ3) is 3.45. The molecule has 7 nitrogen and oxygen atoms in total. The number of nitrogens with zero attached hydrogens (tertiary/aromatic N) is 2. The van der Waals surface area contributed by atoms with Crippen LogP contribution in [-0.4, -0.2) is 63.4 Å². The lowest BCUT2D eigenvalue weighted by Gasteiger charge is -2.34. The first-order valence-corrected chi connectivity index (χ1v) is 10.6. The van der Waals surface area contributed by atoms with Crippen LogP contribution in [0.4, 0.5) is 0 Å². The number of benzene rings is 2. The largest absolute Gasteiger partial charge is 0.497 e. The molecule has 0 spiro atoms. The summed E-state index contributed by atoms with van der Waals surface area (Å²) >= 11 is 0. The predicted molar refractivity (Wildman–Crippen MR) is 103 cm³/mol. The summed E-state index contributed by atoms with van der Waals surface area (Å²) in [5, 5.41) is 0. The van der Waals surface area contributed by atoms with Crippen LogP contribution < -0.4 is 9.47 Å². The van der Waals surface area contributed by atoms with Crippen LogP contribution in [0.25, 0.3) is 0 Å². The van der Waals surface area contributed by atoms with Gasteiger partial charge in [-0.3, -0.25) is 4.79 Å². The third-order valence-corrected chi connectivity index (χ3v) is 7.06. The van der Waals surface area contributed by atoms with Gasteiger partial charge in [0.25, 0.3) is 5.91 Å². The molecule has 148 valence electrons. The zero-order valence-electron chi connectivity index (χ0n) is 15.6. The highest BCUT2D eigenvalue weighted by atomic mass is 32.2. The van der Waals surface area contributed by atoms with E-state index in [9.17, 15) is 13.2 Å². The van der Waals surface area contributed by atoms with Gasteiger partial charge in [0.15, 0.2) is 0 Å². The van der Waals surface area contributed by atoms with Gasteiger partial charge in [0.2, 0.25) is 10.0 Å². The van der Waals surface area contributed by atoms with Crippen molar-refractivity contribution in [3.8, 4) is 11.5 Å². The molecule has 0 unspecified atom stereocenters. The van der Waals surface area contributed by atoms with Crippen LogP contribution in [0.3, 0.4) is 0 Å². The van der Waals surface area contributed by atoms with Crippen molar-refractivity contribution in [3.63, 3.8) is 0 Å². The van der Waals surface area contributed by atoms with Crippen LogP contribution in [0.15, 0.2) is 47.4 Å². The molecule has 0 atom stereocenters. The number of hydrogen-bond donors (Lipinski definition) is 0. The third-order valence-electron chi connectivity index (χ3n) is 5.16. The van der Waals surface area contributed by atoms with Crippen molar-refractivity contribution < 1.29 is 22.7 Å². The maximum atomic E-state index is 13.0. The van der Waals surface area contributed by atoms with E-state index in [1.54, 1.807) is 54.5 Å². The molecule has 0 aliphatic carbocycles. The van der Waals surface area contributed by atoms with Crippen LogP contribution in [0.1, 0.15) is 15.9 Å². The minimum Gasteiger partial charge on any atom is -0.497 e. The molecule has 0 aromatic heterocycles. The van der Waals surface area contributed by atoms with E-state index in [0.717, 1.165) is 17.7 Å². The molecule has 0 saturated carbocycles. The summed E-state index contributed by atoms with van der Waals surface area (Å²) in [6, 6.07) is 11.9. The van der Waals surface area contributed by atoms with Crippen molar-refractivity contribution in [1.29, 1.82) is 0 Å². The minimum absolute atomic E-state index is 0.102. The molecule has 0 radical (unpaired) electrons. The molecule has 0 N–H and O–H groups in total.